The van der Waals surface area contributed by atoms with Gasteiger partial charge < -0.3 is 14.6 Å². The number of carboxylic acids is 1. The molecule has 0 radical (unpaired) electrons. The monoisotopic (exact) mass is 698 g/mol. The molecule has 46 heavy (non-hydrogen) atoms. The number of anilines is 1. The van der Waals surface area contributed by atoms with Crippen molar-refractivity contribution >= 4 is 69.6 Å². The highest BCUT2D eigenvalue weighted by molar-refractivity contribution is 7.71. The van der Waals surface area contributed by atoms with Gasteiger partial charge in [0, 0.05) is 59.4 Å². The first-order chi connectivity index (χ1) is 22.1. The van der Waals surface area contributed by atoms with Gasteiger partial charge in [0.05, 0.1) is 28.6 Å². The van der Waals surface area contributed by atoms with Crippen LogP contribution in [0.15, 0.2) is 65.6 Å². The number of carboxylic acid groups (broad SMARTS) is 1. The smallest absolute Gasteiger partial charge is 0.341 e. The third-order valence-corrected chi connectivity index (χ3v) is 9.56. The number of aromatic nitrogens is 4. The van der Waals surface area contributed by atoms with E-state index < -0.39 is 17.2 Å². The van der Waals surface area contributed by atoms with E-state index in [2.05, 4.69) is 4.90 Å². The molecule has 0 unspecified atom stereocenters. The first kappa shape index (κ1) is 30.9. The number of benzene rings is 3. The quantitative estimate of drug-likeness (QED) is 0.179. The van der Waals surface area contributed by atoms with Gasteiger partial charge in [-0.2, -0.15) is 0 Å². The van der Waals surface area contributed by atoms with E-state index in [4.69, 9.17) is 52.1 Å². The number of halogens is 4. The summed E-state index contributed by atoms with van der Waals surface area (Å²) in [6, 6.07) is 15.5. The molecule has 3 heterocycles. The number of pyridine rings is 1. The molecular formula is C32H26Cl3FN6O3S. The predicted molar refractivity (Wildman–Crippen MR) is 180 cm³/mol. The van der Waals surface area contributed by atoms with Gasteiger partial charge in [-0.25, -0.2) is 13.9 Å². The van der Waals surface area contributed by atoms with Crippen LogP contribution in [0.4, 0.5) is 10.1 Å². The second-order valence-corrected chi connectivity index (χ2v) is 13.1. The van der Waals surface area contributed by atoms with E-state index in [1.165, 1.54) is 12.3 Å². The fourth-order valence-corrected chi connectivity index (χ4v) is 6.89. The first-order valence-corrected chi connectivity index (χ1v) is 16.1. The molecule has 1 saturated carbocycles. The van der Waals surface area contributed by atoms with Crippen molar-refractivity contribution in [3.63, 3.8) is 0 Å². The van der Waals surface area contributed by atoms with Crippen LogP contribution in [-0.4, -0.2) is 61.1 Å². The standard InChI is InChI=1S/C32H26Cl3FN6O3S/c33-19-3-1-2-18(12-19)30-37-41(32(46)42(30)26-7-4-20(34)13-24(26)35)17-38-8-10-39(11-9-38)28-15-27-22(14-25(28)36)29(43)23(31(44)45)16-40(27)21-5-6-21/h1-4,7,12-16,21H,5-6,8-11,17H2,(H,44,45). The van der Waals surface area contributed by atoms with Crippen LogP contribution < -0.4 is 10.3 Å². The summed E-state index contributed by atoms with van der Waals surface area (Å²) in [6.07, 6.45) is 3.15. The Balaban J connectivity index is 1.17. The van der Waals surface area contributed by atoms with Crippen molar-refractivity contribution in [1.82, 2.24) is 23.8 Å². The Bertz CT molecular complexity index is 2150. The summed E-state index contributed by atoms with van der Waals surface area (Å²) in [6.45, 7) is 2.60. The number of carbonyl (C=O) groups is 1. The molecule has 2 aromatic heterocycles. The highest BCUT2D eigenvalue weighted by Crippen LogP contribution is 2.38. The zero-order chi connectivity index (χ0) is 32.3. The Morgan fingerprint density at radius 2 is 1.72 bits per heavy atom. The summed E-state index contributed by atoms with van der Waals surface area (Å²) >= 11 is 25.0. The van der Waals surface area contributed by atoms with E-state index in [1.807, 2.05) is 27.7 Å². The van der Waals surface area contributed by atoms with Crippen LogP contribution in [0.3, 0.4) is 0 Å². The second-order valence-electron chi connectivity index (χ2n) is 11.4. The first-order valence-electron chi connectivity index (χ1n) is 14.6. The molecule has 1 saturated heterocycles. The van der Waals surface area contributed by atoms with E-state index >= 15 is 4.39 Å². The van der Waals surface area contributed by atoms with Gasteiger partial charge in [-0.05, 0) is 67.5 Å². The van der Waals surface area contributed by atoms with Crippen LogP contribution in [0.2, 0.25) is 15.1 Å². The van der Waals surface area contributed by atoms with Crippen LogP contribution in [-0.2, 0) is 6.67 Å². The number of fused-ring (bicyclic) bond motifs is 1. The lowest BCUT2D eigenvalue weighted by molar-refractivity contribution is 0.0695. The third-order valence-electron chi connectivity index (χ3n) is 8.39. The second kappa shape index (κ2) is 12.1. The van der Waals surface area contributed by atoms with Crippen LogP contribution in [0.5, 0.6) is 0 Å². The van der Waals surface area contributed by atoms with Crippen LogP contribution >= 0.6 is 47.0 Å². The lowest BCUT2D eigenvalue weighted by atomic mass is 10.1. The van der Waals surface area contributed by atoms with Crippen molar-refractivity contribution in [2.24, 2.45) is 0 Å². The molecule has 0 atom stereocenters. The third kappa shape index (κ3) is 5.71. The number of piperazine rings is 1. The summed E-state index contributed by atoms with van der Waals surface area (Å²) < 4.78 is 21.3. The highest BCUT2D eigenvalue weighted by atomic mass is 35.5. The van der Waals surface area contributed by atoms with Crippen LogP contribution in [0.1, 0.15) is 29.2 Å². The van der Waals surface area contributed by atoms with Gasteiger partial charge in [-0.1, -0.05) is 46.9 Å². The molecule has 14 heteroatoms. The molecule has 0 bridgehead atoms. The Kier molecular flexibility index (Phi) is 8.14. The van der Waals surface area contributed by atoms with E-state index in [0.717, 1.165) is 18.4 Å². The molecule has 5 aromatic rings. The molecule has 9 nitrogen and oxygen atoms in total. The van der Waals surface area contributed by atoms with Gasteiger partial charge in [0.1, 0.15) is 11.4 Å². The van der Waals surface area contributed by atoms with Gasteiger partial charge in [0.25, 0.3) is 0 Å². The Morgan fingerprint density at radius 3 is 2.39 bits per heavy atom. The van der Waals surface area contributed by atoms with Crippen molar-refractivity contribution in [3.8, 4) is 17.1 Å². The largest absolute Gasteiger partial charge is 0.477 e. The summed E-state index contributed by atoms with van der Waals surface area (Å²) in [5, 5.41) is 16.0. The van der Waals surface area contributed by atoms with E-state index in [9.17, 15) is 14.7 Å². The SMILES string of the molecule is O=C(O)c1cn(C2CC2)c2cc(N3CCN(Cn4nc(-c5cccc(Cl)c5)n(-c5ccc(Cl)cc5Cl)c4=S)CC3)c(F)cc2c1=O. The molecular weight excluding hydrogens is 674 g/mol. The number of aromatic carboxylic acids is 1. The number of hydrogen-bond acceptors (Lipinski definition) is 6. The number of rotatable bonds is 7. The van der Waals surface area contributed by atoms with Gasteiger partial charge in [-0.15, -0.1) is 5.10 Å². The molecule has 7 rings (SSSR count). The van der Waals surface area contributed by atoms with Gasteiger partial charge in [0.2, 0.25) is 10.2 Å². The van der Waals surface area contributed by atoms with Gasteiger partial charge in [-0.3, -0.25) is 14.3 Å². The normalized spacial score (nSPS) is 15.5. The van der Waals surface area contributed by atoms with Crippen molar-refractivity contribution < 1.29 is 14.3 Å². The van der Waals surface area contributed by atoms with Crippen molar-refractivity contribution in [3.05, 3.63) is 102 Å². The number of hydrogen-bond donors (Lipinski definition) is 1. The Hall–Kier alpha value is -3.74. The molecule has 1 aliphatic heterocycles. The zero-order valence-corrected chi connectivity index (χ0v) is 27.3. The van der Waals surface area contributed by atoms with Crippen molar-refractivity contribution in [1.29, 1.82) is 0 Å². The summed E-state index contributed by atoms with van der Waals surface area (Å²) in [7, 11) is 0. The zero-order valence-electron chi connectivity index (χ0n) is 24.2. The molecule has 0 spiro atoms. The summed E-state index contributed by atoms with van der Waals surface area (Å²) in [4.78, 5) is 28.7. The van der Waals surface area contributed by atoms with Gasteiger partial charge >= 0.3 is 5.97 Å². The molecule has 1 N–H and O–H groups in total. The minimum Gasteiger partial charge on any atom is -0.477 e. The Labute approximate surface area is 282 Å². The van der Waals surface area contributed by atoms with Crippen molar-refractivity contribution in [2.45, 2.75) is 25.6 Å². The minimum absolute atomic E-state index is 0.0768. The fraction of sp³-hybridized carbons (Fsp3) is 0.250. The van der Waals surface area contributed by atoms with E-state index in [-0.39, 0.29) is 17.0 Å². The maximum absolute atomic E-state index is 15.5. The molecule has 2 fully saturated rings. The Morgan fingerprint density at radius 1 is 0.978 bits per heavy atom. The molecule has 3 aromatic carbocycles. The van der Waals surface area contributed by atoms with E-state index in [1.54, 1.807) is 39.6 Å². The minimum atomic E-state index is -1.32. The van der Waals surface area contributed by atoms with Crippen LogP contribution in [0.25, 0.3) is 28.0 Å². The highest BCUT2D eigenvalue weighted by Gasteiger charge is 2.29. The maximum atomic E-state index is 15.5. The predicted octanol–water partition coefficient (Wildman–Crippen LogP) is 7.30. The molecule has 1 aliphatic carbocycles. The molecule has 236 valence electrons. The summed E-state index contributed by atoms with van der Waals surface area (Å²) in [5.41, 5.74) is 1.29. The average molecular weight is 700 g/mol. The molecule has 0 amide bonds. The lowest BCUT2D eigenvalue weighted by Crippen LogP contribution is -2.47. The average Bonchev–Trinajstić information content (AvgIpc) is 3.82. The summed E-state index contributed by atoms with van der Waals surface area (Å²) in [5.74, 6) is -1.31. The van der Waals surface area contributed by atoms with E-state index in [0.29, 0.717) is 75.4 Å². The van der Waals surface area contributed by atoms with Gasteiger partial charge in [0.15, 0.2) is 5.82 Å². The molecule has 2 aliphatic rings. The lowest BCUT2D eigenvalue weighted by Gasteiger charge is -2.36. The van der Waals surface area contributed by atoms with Crippen LogP contribution in [0, 0.1) is 10.6 Å². The fourth-order valence-electron chi connectivity index (χ4n) is 5.92. The topological polar surface area (TPSA) is 88.5 Å². The van der Waals surface area contributed by atoms with Crippen molar-refractivity contribution in [2.75, 3.05) is 31.1 Å². The maximum Gasteiger partial charge on any atom is 0.341 e. The number of nitrogens with zero attached hydrogens (tertiary/aromatic N) is 6.